The van der Waals surface area contributed by atoms with Crippen LogP contribution in [0.5, 0.6) is 5.75 Å². The van der Waals surface area contributed by atoms with E-state index in [9.17, 15) is 26.7 Å². The van der Waals surface area contributed by atoms with Crippen LogP contribution in [0.2, 0.25) is 0 Å². The Morgan fingerprint density at radius 2 is 2.05 bits per heavy atom. The van der Waals surface area contributed by atoms with Crippen molar-refractivity contribution in [1.82, 2.24) is 4.98 Å². The molecular formula is C9H6ClF5N2O2. The first kappa shape index (κ1) is 15.6. The first-order valence-electron chi connectivity index (χ1n) is 4.63. The molecular weight excluding hydrogens is 299 g/mol. The molecule has 10 heteroatoms. The number of halogens is 6. The summed E-state index contributed by atoms with van der Waals surface area (Å²) in [5.74, 6) is -1.15. The third-order valence-corrected chi connectivity index (χ3v) is 2.20. The maximum absolute atomic E-state index is 12.6. The predicted molar refractivity (Wildman–Crippen MR) is 54.0 cm³/mol. The molecule has 0 amide bonds. The Balaban J connectivity index is 3.50. The van der Waals surface area contributed by atoms with Crippen LogP contribution in [0.3, 0.4) is 0 Å². The van der Waals surface area contributed by atoms with Gasteiger partial charge >= 0.3 is 6.36 Å². The van der Waals surface area contributed by atoms with Gasteiger partial charge in [-0.2, -0.15) is 0 Å². The van der Waals surface area contributed by atoms with Gasteiger partial charge < -0.3 is 10.5 Å². The van der Waals surface area contributed by atoms with Crippen LogP contribution in [-0.4, -0.2) is 16.6 Å². The summed E-state index contributed by atoms with van der Waals surface area (Å²) in [6.07, 6.45) is -7.88. The minimum absolute atomic E-state index is 0.483. The maximum Gasteiger partial charge on any atom is 0.573 e. The molecule has 0 saturated carbocycles. The number of carbonyl (C=O) groups excluding carboxylic acids is 1. The zero-order valence-corrected chi connectivity index (χ0v) is 9.73. The molecule has 0 unspecified atom stereocenters. The van der Waals surface area contributed by atoms with Crippen molar-refractivity contribution < 1.29 is 31.5 Å². The number of hydrogen-bond donors (Lipinski definition) is 1. The molecule has 19 heavy (non-hydrogen) atoms. The fourth-order valence-corrected chi connectivity index (χ4v) is 1.44. The molecule has 0 aliphatic heterocycles. The second kappa shape index (κ2) is 5.66. The van der Waals surface area contributed by atoms with Crippen LogP contribution in [0, 0.1) is 0 Å². The first-order chi connectivity index (χ1) is 8.67. The molecule has 1 heterocycles. The normalized spacial score (nSPS) is 11.8. The van der Waals surface area contributed by atoms with Crippen molar-refractivity contribution in [3.05, 3.63) is 23.0 Å². The zero-order valence-electron chi connectivity index (χ0n) is 8.97. The van der Waals surface area contributed by atoms with E-state index in [0.717, 1.165) is 0 Å². The first-order valence-corrected chi connectivity index (χ1v) is 5.00. The van der Waals surface area contributed by atoms with E-state index in [1.165, 1.54) is 0 Å². The highest BCUT2D eigenvalue weighted by Crippen LogP contribution is 2.35. The van der Waals surface area contributed by atoms with Crippen molar-refractivity contribution >= 4 is 16.8 Å². The number of pyridine rings is 1. The number of hydrogen-bond acceptors (Lipinski definition) is 4. The van der Waals surface area contributed by atoms with Crippen LogP contribution in [0.1, 0.15) is 28.0 Å². The highest BCUT2D eigenvalue weighted by molar-refractivity contribution is 6.68. The lowest BCUT2D eigenvalue weighted by Crippen LogP contribution is -2.21. The second-order valence-corrected chi connectivity index (χ2v) is 3.53. The van der Waals surface area contributed by atoms with Crippen molar-refractivity contribution in [2.45, 2.75) is 19.3 Å². The Morgan fingerprint density at radius 1 is 1.47 bits per heavy atom. The fourth-order valence-electron chi connectivity index (χ4n) is 1.31. The van der Waals surface area contributed by atoms with E-state index in [4.69, 9.17) is 17.3 Å². The van der Waals surface area contributed by atoms with Gasteiger partial charge in [-0.25, -0.2) is 8.78 Å². The monoisotopic (exact) mass is 304 g/mol. The fraction of sp³-hybridized carbons (Fsp3) is 0.333. The van der Waals surface area contributed by atoms with Crippen LogP contribution in [0.25, 0.3) is 0 Å². The lowest BCUT2D eigenvalue weighted by molar-refractivity contribution is -0.275. The van der Waals surface area contributed by atoms with Gasteiger partial charge in [-0.05, 0) is 11.6 Å². The van der Waals surface area contributed by atoms with Gasteiger partial charge in [0.25, 0.3) is 11.7 Å². The Morgan fingerprint density at radius 3 is 2.42 bits per heavy atom. The minimum Gasteiger partial charge on any atom is -0.404 e. The molecule has 1 aromatic rings. The van der Waals surface area contributed by atoms with Crippen molar-refractivity contribution in [2.75, 3.05) is 0 Å². The number of carbonyl (C=O) groups is 1. The number of nitrogens with zero attached hydrogens (tertiary/aromatic N) is 1. The van der Waals surface area contributed by atoms with Gasteiger partial charge in [0, 0.05) is 18.3 Å². The summed E-state index contributed by atoms with van der Waals surface area (Å²) in [7, 11) is 0. The Labute approximate surface area is 108 Å². The van der Waals surface area contributed by atoms with Gasteiger partial charge in [0.1, 0.15) is 11.4 Å². The highest BCUT2D eigenvalue weighted by atomic mass is 35.5. The summed E-state index contributed by atoms with van der Waals surface area (Å²) >= 11 is 5.04. The maximum atomic E-state index is 12.6. The molecule has 4 nitrogen and oxygen atoms in total. The van der Waals surface area contributed by atoms with E-state index in [2.05, 4.69) is 9.72 Å². The van der Waals surface area contributed by atoms with E-state index in [0.29, 0.717) is 6.20 Å². The van der Waals surface area contributed by atoms with Crippen LogP contribution in [-0.2, 0) is 6.54 Å². The smallest absolute Gasteiger partial charge is 0.404 e. The van der Waals surface area contributed by atoms with Crippen LogP contribution >= 0.6 is 11.6 Å². The van der Waals surface area contributed by atoms with Crippen LogP contribution < -0.4 is 10.5 Å². The largest absolute Gasteiger partial charge is 0.573 e. The van der Waals surface area contributed by atoms with Crippen LogP contribution in [0.15, 0.2) is 6.20 Å². The topological polar surface area (TPSA) is 65.2 Å². The third-order valence-electron chi connectivity index (χ3n) is 2.00. The van der Waals surface area contributed by atoms with E-state index in [-0.39, 0.29) is 0 Å². The van der Waals surface area contributed by atoms with Gasteiger partial charge in [0.2, 0.25) is 0 Å². The summed E-state index contributed by atoms with van der Waals surface area (Å²) < 4.78 is 65.3. The van der Waals surface area contributed by atoms with Gasteiger partial charge in [0.05, 0.1) is 5.56 Å². The molecule has 1 rings (SSSR count). The quantitative estimate of drug-likeness (QED) is 0.686. The standard InChI is InChI=1S/C9H6ClF5N2O2/c10-7(18)4-2-17-5(8(11)12)3(1-16)6(4)19-9(13,14)15/h2,8H,1,16H2. The van der Waals surface area contributed by atoms with Gasteiger partial charge in [-0.15, -0.1) is 13.2 Å². The van der Waals surface area contributed by atoms with E-state index >= 15 is 0 Å². The molecule has 0 aliphatic rings. The second-order valence-electron chi connectivity index (χ2n) is 3.19. The molecule has 0 aromatic carbocycles. The average Bonchev–Trinajstić information content (AvgIpc) is 2.25. The lowest BCUT2D eigenvalue weighted by atomic mass is 10.1. The zero-order chi connectivity index (χ0) is 14.8. The molecule has 0 atom stereocenters. The number of aromatic nitrogens is 1. The molecule has 0 fully saturated rings. The molecule has 0 spiro atoms. The van der Waals surface area contributed by atoms with Crippen molar-refractivity contribution in [1.29, 1.82) is 0 Å². The van der Waals surface area contributed by atoms with E-state index < -0.39 is 47.1 Å². The summed E-state index contributed by atoms with van der Waals surface area (Å²) in [6.45, 7) is -0.726. The van der Waals surface area contributed by atoms with E-state index in [1.807, 2.05) is 0 Å². The Kier molecular flexibility index (Phi) is 4.64. The van der Waals surface area contributed by atoms with Gasteiger partial charge in [-0.3, -0.25) is 9.78 Å². The number of alkyl halides is 5. The molecule has 2 N–H and O–H groups in total. The van der Waals surface area contributed by atoms with E-state index in [1.54, 1.807) is 0 Å². The van der Waals surface area contributed by atoms with Gasteiger partial charge in [0.15, 0.2) is 0 Å². The summed E-state index contributed by atoms with van der Waals surface area (Å²) in [5.41, 5.74) is 2.59. The number of nitrogens with two attached hydrogens (primary N) is 1. The molecule has 1 aromatic heterocycles. The molecule has 0 aliphatic carbocycles. The SMILES string of the molecule is NCc1c(C(F)F)ncc(C(=O)Cl)c1OC(F)(F)F. The van der Waals surface area contributed by atoms with Crippen molar-refractivity contribution in [2.24, 2.45) is 5.73 Å². The minimum atomic E-state index is -5.19. The summed E-state index contributed by atoms with van der Waals surface area (Å²) in [5, 5.41) is -1.33. The van der Waals surface area contributed by atoms with Crippen molar-refractivity contribution in [3.63, 3.8) is 0 Å². The molecule has 106 valence electrons. The summed E-state index contributed by atoms with van der Waals surface area (Å²) in [6, 6.07) is 0. The van der Waals surface area contributed by atoms with Crippen LogP contribution in [0.4, 0.5) is 22.0 Å². The molecule has 0 saturated heterocycles. The predicted octanol–water partition coefficient (Wildman–Crippen LogP) is 2.76. The lowest BCUT2D eigenvalue weighted by Gasteiger charge is -2.16. The number of rotatable bonds is 4. The third kappa shape index (κ3) is 3.74. The Hall–Kier alpha value is -1.48. The summed E-state index contributed by atoms with van der Waals surface area (Å²) in [4.78, 5) is 14.1. The molecule has 0 radical (unpaired) electrons. The number of ether oxygens (including phenoxy) is 1. The molecule has 0 bridgehead atoms. The Bertz CT molecular complexity index is 492. The van der Waals surface area contributed by atoms with Gasteiger partial charge in [-0.1, -0.05) is 0 Å². The average molecular weight is 305 g/mol. The highest BCUT2D eigenvalue weighted by Gasteiger charge is 2.35. The van der Waals surface area contributed by atoms with Crippen molar-refractivity contribution in [3.8, 4) is 5.75 Å².